The van der Waals surface area contributed by atoms with E-state index in [0.717, 1.165) is 4.57 Å². The maximum absolute atomic E-state index is 11.9. The van der Waals surface area contributed by atoms with Crippen LogP contribution in [0.1, 0.15) is 26.4 Å². The summed E-state index contributed by atoms with van der Waals surface area (Å²) < 4.78 is 0.806. The molecule has 21 heavy (non-hydrogen) atoms. The molecule has 0 amide bonds. The molecule has 0 saturated heterocycles. The van der Waals surface area contributed by atoms with Crippen molar-refractivity contribution < 1.29 is 24.9 Å². The lowest BCUT2D eigenvalue weighted by atomic mass is 10.1. The highest BCUT2D eigenvalue weighted by Crippen LogP contribution is 2.20. The molecule has 0 radical (unpaired) electrons. The maximum Gasteiger partial charge on any atom is 0.353 e. The minimum atomic E-state index is -1.62. The van der Waals surface area contributed by atoms with Gasteiger partial charge in [-0.2, -0.15) is 0 Å². The molecule has 1 aromatic heterocycles. The van der Waals surface area contributed by atoms with Gasteiger partial charge in [-0.05, 0) is 5.56 Å². The molecule has 7 heteroatoms. The first-order chi connectivity index (χ1) is 9.91. The normalized spacial score (nSPS) is 10.3. The predicted octanol–water partition coefficient (Wildman–Crippen LogP) is 0.999. The van der Waals surface area contributed by atoms with E-state index in [2.05, 4.69) is 0 Å². The van der Waals surface area contributed by atoms with Gasteiger partial charge in [0.1, 0.15) is 17.0 Å². The molecule has 0 atom stereocenters. The Bertz CT molecular complexity index is 763. The standard InChI is InChI=1S/C14H11NO6/c16-9-6-10(17)15(7-8-4-2-1-3-5-8)12(14(20)21)11(9)13(18)19/h1-6,16H,7H2,(H,18,19)(H,20,21). The fraction of sp³-hybridized carbons (Fsp3) is 0.0714. The number of aromatic carboxylic acids is 2. The summed E-state index contributed by atoms with van der Waals surface area (Å²) in [6.07, 6.45) is 0. The van der Waals surface area contributed by atoms with Crippen LogP contribution in [0, 0.1) is 0 Å². The summed E-state index contributed by atoms with van der Waals surface area (Å²) in [6, 6.07) is 9.21. The number of nitrogens with zero attached hydrogens (tertiary/aromatic N) is 1. The number of aromatic nitrogens is 1. The van der Waals surface area contributed by atoms with Crippen LogP contribution in [-0.4, -0.2) is 31.8 Å². The second-order valence-electron chi connectivity index (χ2n) is 4.27. The van der Waals surface area contributed by atoms with Gasteiger partial charge in [0.15, 0.2) is 0 Å². The first-order valence-corrected chi connectivity index (χ1v) is 5.89. The van der Waals surface area contributed by atoms with E-state index in [1.165, 1.54) is 0 Å². The number of carboxylic acid groups (broad SMARTS) is 2. The zero-order valence-electron chi connectivity index (χ0n) is 10.7. The van der Waals surface area contributed by atoms with E-state index in [1.807, 2.05) is 0 Å². The van der Waals surface area contributed by atoms with E-state index >= 15 is 0 Å². The van der Waals surface area contributed by atoms with Crippen LogP contribution in [-0.2, 0) is 6.54 Å². The van der Waals surface area contributed by atoms with Crippen LogP contribution < -0.4 is 5.56 Å². The molecule has 2 rings (SSSR count). The Labute approximate surface area is 118 Å². The molecule has 108 valence electrons. The van der Waals surface area contributed by atoms with E-state index in [9.17, 15) is 24.6 Å². The fourth-order valence-electron chi connectivity index (χ4n) is 1.99. The molecule has 0 fully saturated rings. The first-order valence-electron chi connectivity index (χ1n) is 5.89. The fourth-order valence-corrected chi connectivity index (χ4v) is 1.99. The van der Waals surface area contributed by atoms with Gasteiger partial charge in [0.25, 0.3) is 5.56 Å². The lowest BCUT2D eigenvalue weighted by Gasteiger charge is -2.13. The summed E-state index contributed by atoms with van der Waals surface area (Å²) in [4.78, 5) is 34.3. The van der Waals surface area contributed by atoms with E-state index in [1.54, 1.807) is 30.3 Å². The Morgan fingerprint density at radius 2 is 1.67 bits per heavy atom. The van der Waals surface area contributed by atoms with Crippen molar-refractivity contribution in [1.29, 1.82) is 0 Å². The summed E-state index contributed by atoms with van der Waals surface area (Å²) in [6.45, 7) is -0.109. The van der Waals surface area contributed by atoms with Crippen molar-refractivity contribution in [1.82, 2.24) is 4.57 Å². The highest BCUT2D eigenvalue weighted by Gasteiger charge is 2.25. The number of carboxylic acids is 2. The van der Waals surface area contributed by atoms with Crippen LogP contribution >= 0.6 is 0 Å². The van der Waals surface area contributed by atoms with Gasteiger partial charge in [-0.25, -0.2) is 9.59 Å². The van der Waals surface area contributed by atoms with Gasteiger partial charge in [-0.15, -0.1) is 0 Å². The third-order valence-electron chi connectivity index (χ3n) is 2.89. The summed E-state index contributed by atoms with van der Waals surface area (Å²) in [5, 5.41) is 27.8. The summed E-state index contributed by atoms with van der Waals surface area (Å²) in [7, 11) is 0. The topological polar surface area (TPSA) is 117 Å². The van der Waals surface area contributed by atoms with Crippen LogP contribution in [0.5, 0.6) is 5.75 Å². The number of pyridine rings is 1. The van der Waals surface area contributed by atoms with Gasteiger partial charge in [-0.3, -0.25) is 9.36 Å². The van der Waals surface area contributed by atoms with Crippen LogP contribution in [0.3, 0.4) is 0 Å². The van der Waals surface area contributed by atoms with E-state index in [0.29, 0.717) is 11.6 Å². The second-order valence-corrected chi connectivity index (χ2v) is 4.27. The number of carbonyl (C=O) groups is 2. The highest BCUT2D eigenvalue weighted by molar-refractivity contribution is 6.02. The monoisotopic (exact) mass is 289 g/mol. The maximum atomic E-state index is 11.9. The quantitative estimate of drug-likeness (QED) is 0.773. The molecule has 0 bridgehead atoms. The molecule has 7 nitrogen and oxygen atoms in total. The average molecular weight is 289 g/mol. The molecule has 1 aromatic carbocycles. The van der Waals surface area contributed by atoms with Gasteiger partial charge < -0.3 is 15.3 Å². The summed E-state index contributed by atoms with van der Waals surface area (Å²) >= 11 is 0. The van der Waals surface area contributed by atoms with Crippen molar-refractivity contribution in [2.24, 2.45) is 0 Å². The predicted molar refractivity (Wildman–Crippen MR) is 71.8 cm³/mol. The molecular weight excluding hydrogens is 278 g/mol. The van der Waals surface area contributed by atoms with E-state index in [4.69, 9.17) is 5.11 Å². The Kier molecular flexibility index (Phi) is 3.75. The Morgan fingerprint density at radius 1 is 1.05 bits per heavy atom. The molecule has 0 unspecified atom stereocenters. The molecular formula is C14H11NO6. The van der Waals surface area contributed by atoms with Crippen molar-refractivity contribution in [2.75, 3.05) is 0 Å². The number of hydrogen-bond acceptors (Lipinski definition) is 4. The molecule has 0 aliphatic rings. The zero-order valence-corrected chi connectivity index (χ0v) is 10.7. The van der Waals surface area contributed by atoms with Crippen LogP contribution in [0.4, 0.5) is 0 Å². The molecule has 0 aliphatic carbocycles. The van der Waals surface area contributed by atoms with Gasteiger partial charge in [0, 0.05) is 6.07 Å². The smallest absolute Gasteiger partial charge is 0.353 e. The number of rotatable bonds is 4. The van der Waals surface area contributed by atoms with E-state index < -0.39 is 34.5 Å². The molecule has 0 aliphatic heterocycles. The number of aromatic hydroxyl groups is 1. The van der Waals surface area contributed by atoms with Crippen LogP contribution in [0.15, 0.2) is 41.2 Å². The van der Waals surface area contributed by atoms with Crippen LogP contribution in [0.2, 0.25) is 0 Å². The molecule has 3 N–H and O–H groups in total. The molecule has 1 heterocycles. The summed E-state index contributed by atoms with van der Waals surface area (Å²) in [5.74, 6) is -4.09. The minimum Gasteiger partial charge on any atom is -0.507 e. The van der Waals surface area contributed by atoms with Crippen molar-refractivity contribution in [3.63, 3.8) is 0 Å². The van der Waals surface area contributed by atoms with E-state index in [-0.39, 0.29) is 6.54 Å². The number of hydrogen-bond donors (Lipinski definition) is 3. The Morgan fingerprint density at radius 3 is 2.19 bits per heavy atom. The third-order valence-corrected chi connectivity index (χ3v) is 2.89. The van der Waals surface area contributed by atoms with Crippen LogP contribution in [0.25, 0.3) is 0 Å². The highest BCUT2D eigenvalue weighted by atomic mass is 16.4. The van der Waals surface area contributed by atoms with Crippen molar-refractivity contribution in [3.8, 4) is 5.75 Å². The molecule has 2 aromatic rings. The molecule has 0 saturated carbocycles. The van der Waals surface area contributed by atoms with Gasteiger partial charge in [-0.1, -0.05) is 30.3 Å². The lowest BCUT2D eigenvalue weighted by Crippen LogP contribution is -2.29. The molecule has 0 spiro atoms. The SMILES string of the molecule is O=C(O)c1c(O)cc(=O)n(Cc2ccccc2)c1C(=O)O. The van der Waals surface area contributed by atoms with Crippen molar-refractivity contribution in [3.05, 3.63) is 63.6 Å². The largest absolute Gasteiger partial charge is 0.507 e. The Hall–Kier alpha value is -3.09. The summed E-state index contributed by atoms with van der Waals surface area (Å²) in [5.41, 5.74) is -1.72. The lowest BCUT2D eigenvalue weighted by molar-refractivity contribution is 0.0637. The van der Waals surface area contributed by atoms with Gasteiger partial charge in [0.2, 0.25) is 0 Å². The second kappa shape index (κ2) is 5.49. The van der Waals surface area contributed by atoms with Gasteiger partial charge >= 0.3 is 11.9 Å². The van der Waals surface area contributed by atoms with Crippen molar-refractivity contribution in [2.45, 2.75) is 6.54 Å². The third kappa shape index (κ3) is 2.76. The first kappa shape index (κ1) is 14.3. The minimum absolute atomic E-state index is 0.109. The average Bonchev–Trinajstić information content (AvgIpc) is 2.41. The van der Waals surface area contributed by atoms with Gasteiger partial charge in [0.05, 0.1) is 6.54 Å². The Balaban J connectivity index is 2.70. The number of benzene rings is 1. The van der Waals surface area contributed by atoms with Crippen molar-refractivity contribution >= 4 is 11.9 Å². The zero-order chi connectivity index (χ0) is 15.6.